The van der Waals surface area contributed by atoms with Gasteiger partial charge in [0, 0.05) is 12.6 Å². The molecule has 2 N–H and O–H groups in total. The zero-order valence-electron chi connectivity index (χ0n) is 14.4. The van der Waals surface area contributed by atoms with Crippen LogP contribution in [-0.4, -0.2) is 35.4 Å². The van der Waals surface area contributed by atoms with Crippen LogP contribution in [0.3, 0.4) is 0 Å². The number of benzene rings is 1. The normalized spacial score (nSPS) is 10.3. The number of nitrogens with zero attached hydrogens (tertiary/aromatic N) is 2. The summed E-state index contributed by atoms with van der Waals surface area (Å²) in [4.78, 5) is 29.0. The first kappa shape index (κ1) is 18.6. The smallest absolute Gasteiger partial charge is 0.291 e. The van der Waals surface area contributed by atoms with Crippen LogP contribution >= 0.6 is 0 Å². The molecule has 0 spiro atoms. The van der Waals surface area contributed by atoms with E-state index in [1.165, 1.54) is 5.01 Å². The third-order valence-corrected chi connectivity index (χ3v) is 3.65. The van der Waals surface area contributed by atoms with Crippen molar-refractivity contribution in [1.82, 2.24) is 20.7 Å². The lowest BCUT2D eigenvalue weighted by molar-refractivity contribution is -0.125. The number of unbranched alkanes of at least 4 members (excludes halogenated alkanes) is 1. The Morgan fingerprint density at radius 1 is 1.04 bits per heavy atom. The molecule has 1 heterocycles. The monoisotopic (exact) mass is 340 g/mol. The molecule has 0 atom stereocenters. The summed E-state index contributed by atoms with van der Waals surface area (Å²) in [6.07, 6.45) is 3.62. The summed E-state index contributed by atoms with van der Waals surface area (Å²) in [7, 11) is 1.88. The van der Waals surface area contributed by atoms with Gasteiger partial charge in [-0.25, -0.2) is 5.01 Å². The lowest BCUT2D eigenvalue weighted by Crippen LogP contribution is -2.45. The summed E-state index contributed by atoms with van der Waals surface area (Å²) < 4.78 is 0. The molecule has 2 rings (SSSR count). The summed E-state index contributed by atoms with van der Waals surface area (Å²) in [5.74, 6) is -0.496. The summed E-state index contributed by atoms with van der Waals surface area (Å²) in [6, 6.07) is 14.7. The van der Waals surface area contributed by atoms with Crippen LogP contribution < -0.4 is 10.7 Å². The van der Waals surface area contributed by atoms with E-state index in [4.69, 9.17) is 0 Å². The Labute approximate surface area is 148 Å². The molecule has 0 aliphatic rings. The van der Waals surface area contributed by atoms with Crippen molar-refractivity contribution in [3.8, 4) is 0 Å². The molecule has 6 heteroatoms. The summed E-state index contributed by atoms with van der Waals surface area (Å²) >= 11 is 0. The van der Waals surface area contributed by atoms with Gasteiger partial charge >= 0.3 is 0 Å². The molecule has 0 radical (unpaired) electrons. The minimum Gasteiger partial charge on any atom is -0.320 e. The van der Waals surface area contributed by atoms with E-state index in [9.17, 15) is 9.59 Å². The van der Waals surface area contributed by atoms with Crippen molar-refractivity contribution >= 4 is 11.8 Å². The molecule has 1 aromatic carbocycles. The molecular weight excluding hydrogens is 316 g/mol. The van der Waals surface area contributed by atoms with Gasteiger partial charge in [-0.3, -0.25) is 20.0 Å². The number of rotatable bonds is 8. The molecule has 2 aromatic rings. The fraction of sp³-hybridized carbons (Fsp3) is 0.316. The van der Waals surface area contributed by atoms with Crippen LogP contribution in [0, 0.1) is 0 Å². The van der Waals surface area contributed by atoms with E-state index < -0.39 is 0 Å². The SMILES string of the molecule is CNCCCCC(=O)NN(Cc1ccccc1)C(=O)c1ccccn1. The largest absolute Gasteiger partial charge is 0.320 e. The van der Waals surface area contributed by atoms with Gasteiger partial charge in [-0.05, 0) is 44.1 Å². The van der Waals surface area contributed by atoms with Crippen LogP contribution in [0.2, 0.25) is 0 Å². The molecule has 2 amide bonds. The van der Waals surface area contributed by atoms with Crippen molar-refractivity contribution < 1.29 is 9.59 Å². The first-order chi connectivity index (χ1) is 12.2. The second-order valence-corrected chi connectivity index (χ2v) is 5.69. The molecule has 0 bridgehead atoms. The van der Waals surface area contributed by atoms with Crippen LogP contribution in [0.25, 0.3) is 0 Å². The lowest BCUT2D eigenvalue weighted by atomic mass is 10.2. The molecule has 0 unspecified atom stereocenters. The maximum atomic E-state index is 12.7. The van der Waals surface area contributed by atoms with Crippen molar-refractivity contribution in [3.05, 3.63) is 66.0 Å². The van der Waals surface area contributed by atoms with E-state index in [0.717, 1.165) is 24.9 Å². The molecule has 132 valence electrons. The third-order valence-electron chi connectivity index (χ3n) is 3.65. The van der Waals surface area contributed by atoms with E-state index >= 15 is 0 Å². The van der Waals surface area contributed by atoms with Crippen molar-refractivity contribution in [1.29, 1.82) is 0 Å². The molecule has 0 saturated carbocycles. The first-order valence-corrected chi connectivity index (χ1v) is 8.41. The number of amides is 2. The molecule has 0 fully saturated rings. The Balaban J connectivity index is 2.04. The second kappa shape index (κ2) is 10.2. The minimum absolute atomic E-state index is 0.170. The molecule has 0 aliphatic carbocycles. The zero-order valence-corrected chi connectivity index (χ0v) is 14.4. The van der Waals surface area contributed by atoms with E-state index in [0.29, 0.717) is 18.7 Å². The molecule has 0 aliphatic heterocycles. The summed E-state index contributed by atoms with van der Waals surface area (Å²) in [6.45, 7) is 1.16. The van der Waals surface area contributed by atoms with Crippen LogP contribution in [0.5, 0.6) is 0 Å². The van der Waals surface area contributed by atoms with Crippen LogP contribution in [-0.2, 0) is 11.3 Å². The van der Waals surface area contributed by atoms with Gasteiger partial charge in [0.1, 0.15) is 5.69 Å². The van der Waals surface area contributed by atoms with Gasteiger partial charge in [0.25, 0.3) is 5.91 Å². The van der Waals surface area contributed by atoms with Gasteiger partial charge in [-0.2, -0.15) is 0 Å². The van der Waals surface area contributed by atoms with Crippen molar-refractivity contribution in [2.24, 2.45) is 0 Å². The molecule has 1 aromatic heterocycles. The fourth-order valence-electron chi connectivity index (χ4n) is 2.35. The number of hydrogen-bond acceptors (Lipinski definition) is 4. The quantitative estimate of drug-likeness (QED) is 0.570. The number of hydrogen-bond donors (Lipinski definition) is 2. The average Bonchev–Trinajstić information content (AvgIpc) is 2.66. The highest BCUT2D eigenvalue weighted by Crippen LogP contribution is 2.07. The lowest BCUT2D eigenvalue weighted by Gasteiger charge is -2.23. The van der Waals surface area contributed by atoms with E-state index in [1.807, 2.05) is 37.4 Å². The number of pyridine rings is 1. The zero-order chi connectivity index (χ0) is 17.9. The first-order valence-electron chi connectivity index (χ1n) is 8.41. The predicted octanol–water partition coefficient (Wildman–Crippen LogP) is 2.14. The van der Waals surface area contributed by atoms with Crippen molar-refractivity contribution in [3.63, 3.8) is 0 Å². The number of aromatic nitrogens is 1. The van der Waals surface area contributed by atoms with Gasteiger partial charge in [-0.15, -0.1) is 0 Å². The van der Waals surface area contributed by atoms with Crippen molar-refractivity contribution in [2.75, 3.05) is 13.6 Å². The van der Waals surface area contributed by atoms with E-state index in [-0.39, 0.29) is 11.8 Å². The second-order valence-electron chi connectivity index (χ2n) is 5.69. The molecule has 0 saturated heterocycles. The third kappa shape index (κ3) is 6.35. The average molecular weight is 340 g/mol. The van der Waals surface area contributed by atoms with E-state index in [2.05, 4.69) is 15.7 Å². The highest BCUT2D eigenvalue weighted by atomic mass is 16.2. The molecule has 6 nitrogen and oxygen atoms in total. The predicted molar refractivity (Wildman–Crippen MR) is 96.5 cm³/mol. The topological polar surface area (TPSA) is 74.3 Å². The van der Waals surface area contributed by atoms with Gasteiger partial charge in [0.15, 0.2) is 0 Å². The maximum absolute atomic E-state index is 12.7. The van der Waals surface area contributed by atoms with Crippen LogP contribution in [0.4, 0.5) is 0 Å². The van der Waals surface area contributed by atoms with Crippen molar-refractivity contribution in [2.45, 2.75) is 25.8 Å². The highest BCUT2D eigenvalue weighted by molar-refractivity contribution is 5.93. The summed E-state index contributed by atoms with van der Waals surface area (Å²) in [5, 5.41) is 4.38. The van der Waals surface area contributed by atoms with Crippen LogP contribution in [0.1, 0.15) is 35.3 Å². The Hall–Kier alpha value is -2.73. The number of hydrazine groups is 1. The maximum Gasteiger partial charge on any atom is 0.291 e. The van der Waals surface area contributed by atoms with E-state index in [1.54, 1.807) is 24.4 Å². The summed E-state index contributed by atoms with van der Waals surface area (Å²) in [5.41, 5.74) is 3.96. The Morgan fingerprint density at radius 2 is 1.80 bits per heavy atom. The number of carbonyl (C=O) groups excluding carboxylic acids is 2. The number of carbonyl (C=O) groups is 2. The van der Waals surface area contributed by atoms with Gasteiger partial charge in [-0.1, -0.05) is 36.4 Å². The fourth-order valence-corrected chi connectivity index (χ4v) is 2.35. The van der Waals surface area contributed by atoms with Gasteiger partial charge in [0.05, 0.1) is 6.54 Å². The standard InChI is InChI=1S/C19H24N4O2/c1-20-13-7-6-12-18(24)22-23(15-16-9-3-2-4-10-16)19(25)17-11-5-8-14-21-17/h2-5,8-11,14,20H,6-7,12-13,15H2,1H3,(H,22,24). The highest BCUT2D eigenvalue weighted by Gasteiger charge is 2.19. The van der Waals surface area contributed by atoms with Gasteiger partial charge in [0.2, 0.25) is 5.91 Å². The molecule has 25 heavy (non-hydrogen) atoms. The Bertz CT molecular complexity index is 662. The molecular formula is C19H24N4O2. The van der Waals surface area contributed by atoms with Crippen LogP contribution in [0.15, 0.2) is 54.7 Å². The van der Waals surface area contributed by atoms with Gasteiger partial charge < -0.3 is 5.32 Å². The minimum atomic E-state index is -0.326. The number of nitrogens with one attached hydrogen (secondary N) is 2. The Morgan fingerprint density at radius 3 is 2.48 bits per heavy atom. The Kier molecular flexibility index (Phi) is 7.59.